The first-order valence-corrected chi connectivity index (χ1v) is 6.75. The maximum Gasteiger partial charge on any atom is 0.307 e. The van der Waals surface area contributed by atoms with Gasteiger partial charge in [-0.15, -0.1) is 0 Å². The van der Waals surface area contributed by atoms with Crippen LogP contribution in [0.1, 0.15) is 50.8 Å². The second kappa shape index (κ2) is 6.12. The maximum atomic E-state index is 10.7. The lowest BCUT2D eigenvalue weighted by molar-refractivity contribution is -0.135. The summed E-state index contributed by atoms with van der Waals surface area (Å²) in [5.41, 5.74) is 4.16. The molecule has 0 aliphatic carbocycles. The first kappa shape index (κ1) is 16.3. The van der Waals surface area contributed by atoms with Gasteiger partial charge in [0.05, 0.1) is 13.5 Å². The van der Waals surface area contributed by atoms with Crippen LogP contribution in [0.5, 0.6) is 5.75 Å². The second-order valence-corrected chi connectivity index (χ2v) is 6.13. The van der Waals surface area contributed by atoms with Crippen LogP contribution in [0.2, 0.25) is 0 Å². The van der Waals surface area contributed by atoms with E-state index in [0.717, 1.165) is 28.0 Å². The van der Waals surface area contributed by atoms with E-state index in [1.165, 1.54) is 0 Å². The second-order valence-electron chi connectivity index (χ2n) is 6.13. The minimum Gasteiger partial charge on any atom is -0.496 e. The van der Waals surface area contributed by atoms with E-state index < -0.39 is 5.97 Å². The molecule has 0 aliphatic rings. The summed E-state index contributed by atoms with van der Waals surface area (Å²) in [6, 6.07) is 4.18. The van der Waals surface area contributed by atoms with Crippen molar-refractivity contribution in [1.29, 1.82) is 0 Å². The van der Waals surface area contributed by atoms with Crippen molar-refractivity contribution < 1.29 is 14.6 Å². The topological polar surface area (TPSA) is 46.5 Å². The lowest BCUT2D eigenvalue weighted by Crippen LogP contribution is -2.14. The van der Waals surface area contributed by atoms with Crippen molar-refractivity contribution in [3.05, 3.63) is 34.9 Å². The smallest absolute Gasteiger partial charge is 0.307 e. The summed E-state index contributed by atoms with van der Waals surface area (Å²) in [5.74, 6) is 0.00857. The molecule has 1 N–H and O–H groups in total. The van der Waals surface area contributed by atoms with E-state index in [9.17, 15) is 4.79 Å². The molecule has 3 heteroatoms. The third-order valence-corrected chi connectivity index (χ3v) is 3.25. The Balaban J connectivity index is 3.43. The molecule has 0 aromatic heterocycles. The molecule has 0 heterocycles. The summed E-state index contributed by atoms with van der Waals surface area (Å²) in [7, 11) is 1.66. The van der Waals surface area contributed by atoms with Gasteiger partial charge in [-0.1, -0.05) is 32.9 Å². The number of aryl methyl sites for hydroxylation is 1. The average Bonchev–Trinajstić information content (AvgIpc) is 2.33. The normalized spacial score (nSPS) is 12.4. The van der Waals surface area contributed by atoms with E-state index in [-0.39, 0.29) is 11.8 Å². The Bertz CT molecular complexity index is 534. The molecule has 1 aromatic carbocycles. The van der Waals surface area contributed by atoms with Crippen LogP contribution in [0.15, 0.2) is 18.2 Å². The first-order valence-electron chi connectivity index (χ1n) is 6.75. The molecule has 0 bridgehead atoms. The molecular formula is C17H24O3. The maximum absolute atomic E-state index is 10.7. The molecule has 1 aromatic rings. The van der Waals surface area contributed by atoms with Crippen LogP contribution >= 0.6 is 0 Å². The molecule has 110 valence electrons. The molecule has 0 atom stereocenters. The molecule has 0 saturated carbocycles. The fraction of sp³-hybridized carbons (Fsp3) is 0.471. The van der Waals surface area contributed by atoms with Gasteiger partial charge in [0.1, 0.15) is 5.75 Å². The van der Waals surface area contributed by atoms with Gasteiger partial charge in [0.25, 0.3) is 0 Å². The lowest BCUT2D eigenvalue weighted by atomic mass is 9.83. The van der Waals surface area contributed by atoms with Crippen molar-refractivity contribution in [1.82, 2.24) is 0 Å². The van der Waals surface area contributed by atoms with E-state index >= 15 is 0 Å². The van der Waals surface area contributed by atoms with E-state index in [0.29, 0.717) is 0 Å². The number of aliphatic carboxylic acids is 1. The Morgan fingerprint density at radius 2 is 1.95 bits per heavy atom. The van der Waals surface area contributed by atoms with E-state index in [4.69, 9.17) is 9.84 Å². The van der Waals surface area contributed by atoms with Crippen LogP contribution < -0.4 is 4.74 Å². The van der Waals surface area contributed by atoms with Gasteiger partial charge in [-0.2, -0.15) is 0 Å². The summed E-state index contributed by atoms with van der Waals surface area (Å²) in [5, 5.41) is 8.80. The number of hydrogen-bond donors (Lipinski definition) is 1. The zero-order valence-corrected chi connectivity index (χ0v) is 13.2. The number of carboxylic acids is 1. The van der Waals surface area contributed by atoms with Crippen LogP contribution in [0.4, 0.5) is 0 Å². The van der Waals surface area contributed by atoms with Crippen molar-refractivity contribution in [2.24, 2.45) is 0 Å². The number of hydrogen-bond acceptors (Lipinski definition) is 2. The predicted octanol–water partition coefficient (Wildman–Crippen LogP) is 4.18. The van der Waals surface area contributed by atoms with Gasteiger partial charge in [0.15, 0.2) is 0 Å². The highest BCUT2D eigenvalue weighted by molar-refractivity contribution is 5.76. The van der Waals surface area contributed by atoms with Crippen LogP contribution in [-0.4, -0.2) is 18.2 Å². The molecule has 0 unspecified atom stereocenters. The number of rotatable bonds is 4. The SMILES string of the molecule is COc1c(/C(C)=C/CC(=O)O)cc(C)cc1C(C)(C)C. The Hall–Kier alpha value is -1.77. The zero-order chi connectivity index (χ0) is 15.5. The minimum absolute atomic E-state index is 0.0216. The molecule has 3 nitrogen and oxygen atoms in total. The van der Waals surface area contributed by atoms with Crippen LogP contribution in [0.25, 0.3) is 5.57 Å². The molecule has 0 amide bonds. The Morgan fingerprint density at radius 1 is 1.35 bits per heavy atom. The monoisotopic (exact) mass is 276 g/mol. The van der Waals surface area contributed by atoms with Gasteiger partial charge in [-0.25, -0.2) is 0 Å². The van der Waals surface area contributed by atoms with Gasteiger partial charge >= 0.3 is 5.97 Å². The molecule has 1 rings (SSSR count). The number of benzene rings is 1. The summed E-state index contributed by atoms with van der Waals surface area (Å²) >= 11 is 0. The van der Waals surface area contributed by atoms with Gasteiger partial charge < -0.3 is 9.84 Å². The minimum atomic E-state index is -0.827. The summed E-state index contributed by atoms with van der Waals surface area (Å²) in [4.78, 5) is 10.7. The van der Waals surface area contributed by atoms with E-state index in [1.807, 2.05) is 19.9 Å². The van der Waals surface area contributed by atoms with Crippen LogP contribution in [0, 0.1) is 6.92 Å². The number of methoxy groups -OCH3 is 1. The summed E-state index contributed by atoms with van der Waals surface area (Å²) < 4.78 is 5.60. The first-order chi connectivity index (χ1) is 9.16. The van der Waals surface area contributed by atoms with Crippen molar-refractivity contribution >= 4 is 11.5 Å². The number of allylic oxidation sites excluding steroid dienone is 1. The molecule has 0 fully saturated rings. The van der Waals surface area contributed by atoms with Crippen LogP contribution in [0.3, 0.4) is 0 Å². The number of ether oxygens (including phenoxy) is 1. The fourth-order valence-electron chi connectivity index (χ4n) is 2.19. The highest BCUT2D eigenvalue weighted by atomic mass is 16.5. The molecular weight excluding hydrogens is 252 g/mol. The Labute approximate surface area is 121 Å². The van der Waals surface area contributed by atoms with Gasteiger partial charge in [-0.3, -0.25) is 4.79 Å². The zero-order valence-electron chi connectivity index (χ0n) is 13.2. The third-order valence-electron chi connectivity index (χ3n) is 3.25. The fourth-order valence-corrected chi connectivity index (χ4v) is 2.19. The molecule has 0 radical (unpaired) electrons. The largest absolute Gasteiger partial charge is 0.496 e. The van der Waals surface area contributed by atoms with Crippen molar-refractivity contribution in [2.75, 3.05) is 7.11 Å². The van der Waals surface area contributed by atoms with Crippen molar-refractivity contribution in [2.45, 2.75) is 46.5 Å². The van der Waals surface area contributed by atoms with Gasteiger partial charge in [0, 0.05) is 11.1 Å². The number of carboxylic acid groups (broad SMARTS) is 1. The quantitative estimate of drug-likeness (QED) is 0.897. The predicted molar refractivity (Wildman–Crippen MR) is 82.3 cm³/mol. The van der Waals surface area contributed by atoms with Gasteiger partial charge in [-0.05, 0) is 36.5 Å². The molecule has 0 aliphatic heterocycles. The molecule has 20 heavy (non-hydrogen) atoms. The lowest BCUT2D eigenvalue weighted by Gasteiger charge is -2.25. The van der Waals surface area contributed by atoms with E-state index in [1.54, 1.807) is 13.2 Å². The van der Waals surface area contributed by atoms with Crippen LogP contribution in [-0.2, 0) is 10.2 Å². The van der Waals surface area contributed by atoms with Gasteiger partial charge in [0.2, 0.25) is 0 Å². The Morgan fingerprint density at radius 3 is 2.40 bits per heavy atom. The van der Waals surface area contributed by atoms with Crippen molar-refractivity contribution in [3.63, 3.8) is 0 Å². The third kappa shape index (κ3) is 3.86. The van der Waals surface area contributed by atoms with Crippen molar-refractivity contribution in [3.8, 4) is 5.75 Å². The standard InChI is InChI=1S/C17H24O3/c1-11-9-13(12(2)7-8-15(18)19)16(20-6)14(10-11)17(3,4)5/h7,9-10H,8H2,1-6H3,(H,18,19)/b12-7+. The summed E-state index contributed by atoms with van der Waals surface area (Å²) in [6.07, 6.45) is 1.75. The highest BCUT2D eigenvalue weighted by Crippen LogP contribution is 2.38. The molecule has 0 saturated heterocycles. The average molecular weight is 276 g/mol. The number of carbonyl (C=O) groups is 1. The van der Waals surface area contributed by atoms with E-state index in [2.05, 4.69) is 26.8 Å². The Kier molecular flexibility index (Phi) is 4.98. The summed E-state index contributed by atoms with van der Waals surface area (Å²) in [6.45, 7) is 10.4. The highest BCUT2D eigenvalue weighted by Gasteiger charge is 2.22. The molecule has 0 spiro atoms.